The predicted octanol–water partition coefficient (Wildman–Crippen LogP) is 1.59. The fourth-order valence-corrected chi connectivity index (χ4v) is 1.48. The quantitative estimate of drug-likeness (QED) is 0.805. The molecule has 0 aliphatic heterocycles. The maximum atomic E-state index is 13.3. The van der Waals surface area contributed by atoms with Gasteiger partial charge in [-0.05, 0) is 31.0 Å². The summed E-state index contributed by atoms with van der Waals surface area (Å²) in [4.78, 5) is 0. The van der Waals surface area contributed by atoms with Crippen LogP contribution in [0.4, 0.5) is 4.39 Å². The molecular weight excluding hydrogens is 205 g/mol. The first kappa shape index (κ1) is 11.4. The summed E-state index contributed by atoms with van der Waals surface area (Å²) in [5.74, 6) is -0.478. The van der Waals surface area contributed by atoms with Gasteiger partial charge < -0.3 is 10.8 Å². The first-order valence-electron chi connectivity index (χ1n) is 4.42. The maximum Gasteiger partial charge on any atom is 0.127 e. The van der Waals surface area contributed by atoms with E-state index >= 15 is 0 Å². The van der Waals surface area contributed by atoms with E-state index in [2.05, 4.69) is 0 Å². The lowest BCUT2D eigenvalue weighted by atomic mass is 10.00. The number of hydrogen-bond donors (Lipinski definition) is 2. The molecule has 0 spiro atoms. The van der Waals surface area contributed by atoms with E-state index in [9.17, 15) is 4.39 Å². The van der Waals surface area contributed by atoms with Gasteiger partial charge in [0.2, 0.25) is 0 Å². The molecular formula is C10H13ClFNO. The zero-order valence-electron chi connectivity index (χ0n) is 7.71. The average molecular weight is 218 g/mol. The average Bonchev–Trinajstić information content (AvgIpc) is 2.18. The van der Waals surface area contributed by atoms with Crippen molar-refractivity contribution in [1.29, 1.82) is 0 Å². The number of aliphatic hydroxyl groups excluding tert-OH is 1. The molecule has 1 rings (SSSR count). The van der Waals surface area contributed by atoms with Gasteiger partial charge in [0.1, 0.15) is 5.82 Å². The summed E-state index contributed by atoms with van der Waals surface area (Å²) in [5, 5.41) is 9.31. The first-order chi connectivity index (χ1) is 6.69. The SMILES string of the molecule is NC[C@H](CO)Cc1c(F)cccc1Cl. The monoisotopic (exact) mass is 217 g/mol. The van der Waals surface area contributed by atoms with Gasteiger partial charge >= 0.3 is 0 Å². The largest absolute Gasteiger partial charge is 0.396 e. The van der Waals surface area contributed by atoms with Crippen molar-refractivity contribution < 1.29 is 9.50 Å². The van der Waals surface area contributed by atoms with Crippen LogP contribution in [0.1, 0.15) is 5.56 Å². The Morgan fingerprint density at radius 3 is 2.71 bits per heavy atom. The van der Waals surface area contributed by atoms with Crippen molar-refractivity contribution in [1.82, 2.24) is 0 Å². The second-order valence-corrected chi connectivity index (χ2v) is 3.60. The van der Waals surface area contributed by atoms with E-state index in [0.717, 1.165) is 0 Å². The molecule has 0 unspecified atom stereocenters. The van der Waals surface area contributed by atoms with Crippen molar-refractivity contribution in [3.8, 4) is 0 Å². The number of rotatable bonds is 4. The minimum atomic E-state index is -0.343. The van der Waals surface area contributed by atoms with E-state index in [4.69, 9.17) is 22.4 Å². The topological polar surface area (TPSA) is 46.2 Å². The van der Waals surface area contributed by atoms with Crippen LogP contribution in [0.3, 0.4) is 0 Å². The number of halogens is 2. The van der Waals surface area contributed by atoms with Gasteiger partial charge in [-0.1, -0.05) is 17.7 Å². The van der Waals surface area contributed by atoms with Crippen molar-refractivity contribution in [2.24, 2.45) is 11.7 Å². The highest BCUT2D eigenvalue weighted by Gasteiger charge is 2.12. The third kappa shape index (κ3) is 2.67. The summed E-state index contributed by atoms with van der Waals surface area (Å²) >= 11 is 5.83. The Labute approximate surface area is 87.5 Å². The Kier molecular flexibility index (Phi) is 4.32. The van der Waals surface area contributed by atoms with Crippen LogP contribution in [0, 0.1) is 11.7 Å². The van der Waals surface area contributed by atoms with Gasteiger partial charge in [-0.3, -0.25) is 0 Å². The first-order valence-corrected chi connectivity index (χ1v) is 4.80. The Balaban J connectivity index is 2.84. The summed E-state index contributed by atoms with van der Waals surface area (Å²) in [6, 6.07) is 4.54. The fourth-order valence-electron chi connectivity index (χ4n) is 1.24. The summed E-state index contributed by atoms with van der Waals surface area (Å²) < 4.78 is 13.3. The molecule has 14 heavy (non-hydrogen) atoms. The van der Waals surface area contributed by atoms with Crippen molar-refractivity contribution in [3.05, 3.63) is 34.6 Å². The van der Waals surface area contributed by atoms with Gasteiger partial charge in [-0.25, -0.2) is 4.39 Å². The molecule has 0 heterocycles. The minimum Gasteiger partial charge on any atom is -0.396 e. The van der Waals surface area contributed by atoms with Crippen LogP contribution < -0.4 is 5.73 Å². The number of benzene rings is 1. The number of hydrogen-bond acceptors (Lipinski definition) is 2. The minimum absolute atomic E-state index is 0.0544. The van der Waals surface area contributed by atoms with Crippen molar-refractivity contribution in [3.63, 3.8) is 0 Å². The molecule has 0 bridgehead atoms. The van der Waals surface area contributed by atoms with Gasteiger partial charge in [-0.2, -0.15) is 0 Å². The Hall–Kier alpha value is -0.640. The molecule has 78 valence electrons. The normalized spacial score (nSPS) is 12.9. The molecule has 0 saturated heterocycles. The van der Waals surface area contributed by atoms with E-state index in [0.29, 0.717) is 23.6 Å². The second kappa shape index (κ2) is 5.29. The third-order valence-electron chi connectivity index (χ3n) is 2.15. The molecule has 0 aliphatic carbocycles. The standard InChI is InChI=1S/C10H13ClFNO/c11-9-2-1-3-10(12)8(9)4-7(5-13)6-14/h1-3,7,14H,4-6,13H2/t7-/m1/s1. The molecule has 0 aromatic heterocycles. The van der Waals surface area contributed by atoms with Gasteiger partial charge in [0.05, 0.1) is 0 Å². The van der Waals surface area contributed by atoms with Crippen molar-refractivity contribution in [2.45, 2.75) is 6.42 Å². The van der Waals surface area contributed by atoms with Crippen LogP contribution in [-0.4, -0.2) is 18.3 Å². The van der Waals surface area contributed by atoms with Gasteiger partial charge in [0, 0.05) is 17.2 Å². The van der Waals surface area contributed by atoms with Crippen LogP contribution in [0.25, 0.3) is 0 Å². The molecule has 0 aliphatic rings. The summed E-state index contributed by atoms with van der Waals surface area (Å²) in [5.41, 5.74) is 5.84. The number of nitrogens with two attached hydrogens (primary N) is 1. The predicted molar refractivity (Wildman–Crippen MR) is 54.7 cm³/mol. The lowest BCUT2D eigenvalue weighted by Crippen LogP contribution is -2.21. The zero-order chi connectivity index (χ0) is 10.6. The van der Waals surface area contributed by atoms with Gasteiger partial charge in [0.15, 0.2) is 0 Å². The van der Waals surface area contributed by atoms with E-state index in [-0.39, 0.29) is 18.3 Å². The van der Waals surface area contributed by atoms with Crippen LogP contribution in [0.15, 0.2) is 18.2 Å². The third-order valence-corrected chi connectivity index (χ3v) is 2.50. The Bertz CT molecular complexity index is 282. The van der Waals surface area contributed by atoms with E-state index in [1.54, 1.807) is 12.1 Å². The van der Waals surface area contributed by atoms with Crippen LogP contribution in [-0.2, 0) is 6.42 Å². The molecule has 2 nitrogen and oxygen atoms in total. The number of aliphatic hydroxyl groups is 1. The van der Waals surface area contributed by atoms with Crippen LogP contribution >= 0.6 is 11.6 Å². The molecule has 3 N–H and O–H groups in total. The van der Waals surface area contributed by atoms with Crippen molar-refractivity contribution in [2.75, 3.05) is 13.2 Å². The molecule has 4 heteroatoms. The highest BCUT2D eigenvalue weighted by molar-refractivity contribution is 6.31. The second-order valence-electron chi connectivity index (χ2n) is 3.19. The summed E-state index contributed by atoms with van der Waals surface area (Å²) in [7, 11) is 0. The maximum absolute atomic E-state index is 13.3. The van der Waals surface area contributed by atoms with E-state index in [1.807, 2.05) is 0 Å². The van der Waals surface area contributed by atoms with E-state index in [1.165, 1.54) is 6.07 Å². The Morgan fingerprint density at radius 2 is 2.21 bits per heavy atom. The lowest BCUT2D eigenvalue weighted by molar-refractivity contribution is 0.229. The summed E-state index contributed by atoms with van der Waals surface area (Å²) in [6.45, 7) is 0.266. The molecule has 1 aromatic rings. The summed E-state index contributed by atoms with van der Waals surface area (Å²) in [6.07, 6.45) is 0.374. The highest BCUT2D eigenvalue weighted by atomic mass is 35.5. The van der Waals surface area contributed by atoms with E-state index < -0.39 is 0 Å². The van der Waals surface area contributed by atoms with Crippen molar-refractivity contribution >= 4 is 11.6 Å². The molecule has 0 amide bonds. The smallest absolute Gasteiger partial charge is 0.127 e. The fraction of sp³-hybridized carbons (Fsp3) is 0.400. The molecule has 1 aromatic carbocycles. The van der Waals surface area contributed by atoms with Crippen LogP contribution in [0.5, 0.6) is 0 Å². The molecule has 1 atom stereocenters. The molecule has 0 radical (unpaired) electrons. The van der Waals surface area contributed by atoms with Gasteiger partial charge in [-0.15, -0.1) is 0 Å². The van der Waals surface area contributed by atoms with Gasteiger partial charge in [0.25, 0.3) is 0 Å². The van der Waals surface area contributed by atoms with Crippen LogP contribution in [0.2, 0.25) is 5.02 Å². The zero-order valence-corrected chi connectivity index (χ0v) is 8.47. The lowest BCUT2D eigenvalue weighted by Gasteiger charge is -2.12. The molecule has 0 saturated carbocycles. The molecule has 0 fully saturated rings. The Morgan fingerprint density at radius 1 is 1.50 bits per heavy atom. The highest BCUT2D eigenvalue weighted by Crippen LogP contribution is 2.21.